The first-order chi connectivity index (χ1) is 10.2. The van der Waals surface area contributed by atoms with E-state index in [4.69, 9.17) is 5.26 Å². The molecule has 3 rings (SSSR count). The normalized spacial score (nSPS) is 10.5. The van der Waals surface area contributed by atoms with Crippen LogP contribution in [-0.4, -0.2) is 10.0 Å². The molecular weight excluding hydrogens is 269 g/mol. The monoisotopic (exact) mass is 279 g/mol. The summed E-state index contributed by atoms with van der Waals surface area (Å²) in [5.41, 5.74) is 1.07. The van der Waals surface area contributed by atoms with Crippen LogP contribution in [0.2, 0.25) is 0 Å². The van der Waals surface area contributed by atoms with Crippen molar-refractivity contribution in [3.63, 3.8) is 0 Å². The van der Waals surface area contributed by atoms with Crippen LogP contribution in [0.3, 0.4) is 0 Å². The lowest BCUT2D eigenvalue weighted by atomic mass is 10.0. The third-order valence-electron chi connectivity index (χ3n) is 3.27. The van der Waals surface area contributed by atoms with Gasteiger partial charge in [0.1, 0.15) is 0 Å². The van der Waals surface area contributed by atoms with Crippen molar-refractivity contribution in [1.29, 1.82) is 5.26 Å². The summed E-state index contributed by atoms with van der Waals surface area (Å²) in [7, 11) is 0. The smallest absolute Gasteiger partial charge is 0.264 e. The number of nitriles is 1. The van der Waals surface area contributed by atoms with Crippen molar-refractivity contribution in [2.24, 2.45) is 0 Å². The van der Waals surface area contributed by atoms with Crippen LogP contribution in [0.25, 0.3) is 10.8 Å². The largest absolute Gasteiger partial charge is 0.305 e. The summed E-state index contributed by atoms with van der Waals surface area (Å²) in [6.07, 6.45) is 0.347. The van der Waals surface area contributed by atoms with Crippen LogP contribution >= 0.6 is 0 Å². The molecule has 0 aliphatic heterocycles. The topological polar surface area (TPSA) is 58.7 Å². The summed E-state index contributed by atoms with van der Waals surface area (Å²) in [5.74, 6) is 0. The van der Waals surface area contributed by atoms with Crippen LogP contribution in [0.1, 0.15) is 16.8 Å². The second kappa shape index (κ2) is 5.17. The highest BCUT2D eigenvalue weighted by atomic mass is 19.2. The molecule has 0 atom stereocenters. The van der Waals surface area contributed by atoms with Crippen LogP contribution in [0.4, 0.5) is 4.48 Å². The minimum Gasteiger partial charge on any atom is -0.264 e. The number of aromatic nitrogens is 2. The molecule has 0 N–H and O–H groups in total. The molecule has 21 heavy (non-hydrogen) atoms. The van der Waals surface area contributed by atoms with E-state index in [0.717, 1.165) is 5.56 Å². The van der Waals surface area contributed by atoms with Crippen LogP contribution in [0.5, 0.6) is 0 Å². The van der Waals surface area contributed by atoms with E-state index in [1.165, 1.54) is 0 Å². The summed E-state index contributed by atoms with van der Waals surface area (Å²) in [4.78, 5) is 11.6. The average molecular weight is 279 g/mol. The number of halogens is 1. The van der Waals surface area contributed by atoms with E-state index in [1.54, 1.807) is 42.5 Å². The van der Waals surface area contributed by atoms with Gasteiger partial charge in [-0.15, -0.1) is 5.10 Å². The van der Waals surface area contributed by atoms with Gasteiger partial charge in [-0.1, -0.05) is 39.7 Å². The maximum atomic E-state index is 13.6. The Hall–Kier alpha value is -3.00. The molecule has 3 aromatic rings. The molecule has 1 aromatic heterocycles. The van der Waals surface area contributed by atoms with Crippen molar-refractivity contribution >= 4 is 10.8 Å². The minimum atomic E-state index is -0.764. The SMILES string of the molecule is N#Cc1cccc(Cc2nn(F)c(=O)c3ccccc23)c1. The van der Waals surface area contributed by atoms with Crippen molar-refractivity contribution in [3.05, 3.63) is 75.7 Å². The van der Waals surface area contributed by atoms with Crippen molar-refractivity contribution in [2.45, 2.75) is 6.42 Å². The highest BCUT2D eigenvalue weighted by Gasteiger charge is 2.10. The number of fused-ring (bicyclic) bond motifs is 1. The fourth-order valence-electron chi connectivity index (χ4n) is 2.30. The molecule has 1 heterocycles. The van der Waals surface area contributed by atoms with E-state index >= 15 is 0 Å². The molecule has 0 radical (unpaired) electrons. The Balaban J connectivity index is 2.15. The number of hydrogen-bond acceptors (Lipinski definition) is 3. The lowest BCUT2D eigenvalue weighted by molar-refractivity contribution is 0.295. The molecule has 2 aromatic carbocycles. The molecule has 0 spiro atoms. The zero-order chi connectivity index (χ0) is 14.8. The molecule has 0 saturated heterocycles. The second-order valence-electron chi connectivity index (χ2n) is 4.65. The molecule has 0 bridgehead atoms. The Bertz CT molecular complexity index is 925. The van der Waals surface area contributed by atoms with E-state index in [9.17, 15) is 9.28 Å². The number of hydrogen-bond donors (Lipinski definition) is 0. The summed E-state index contributed by atoms with van der Waals surface area (Å²) in [6, 6.07) is 15.9. The molecule has 0 saturated carbocycles. The van der Waals surface area contributed by atoms with E-state index in [1.807, 2.05) is 6.07 Å². The Morgan fingerprint density at radius 3 is 2.67 bits per heavy atom. The molecule has 0 amide bonds. The van der Waals surface area contributed by atoms with Gasteiger partial charge in [-0.2, -0.15) is 5.26 Å². The van der Waals surface area contributed by atoms with E-state index < -0.39 is 5.56 Å². The van der Waals surface area contributed by atoms with E-state index in [0.29, 0.717) is 28.5 Å². The van der Waals surface area contributed by atoms with Gasteiger partial charge in [0.2, 0.25) is 0 Å². The lowest BCUT2D eigenvalue weighted by Crippen LogP contribution is -2.18. The Kier molecular flexibility index (Phi) is 3.20. The van der Waals surface area contributed by atoms with Crippen molar-refractivity contribution < 1.29 is 4.48 Å². The highest BCUT2D eigenvalue weighted by molar-refractivity contribution is 5.83. The number of rotatable bonds is 2. The fourth-order valence-corrected chi connectivity index (χ4v) is 2.30. The van der Waals surface area contributed by atoms with Crippen LogP contribution in [0.15, 0.2) is 53.3 Å². The third kappa shape index (κ3) is 2.39. The summed E-state index contributed by atoms with van der Waals surface area (Å²) in [6.45, 7) is 0. The zero-order valence-corrected chi connectivity index (χ0v) is 11.0. The van der Waals surface area contributed by atoms with Gasteiger partial charge < -0.3 is 0 Å². The van der Waals surface area contributed by atoms with Crippen LogP contribution in [0, 0.1) is 11.3 Å². The predicted molar refractivity (Wildman–Crippen MR) is 76.5 cm³/mol. The van der Waals surface area contributed by atoms with Crippen molar-refractivity contribution in [3.8, 4) is 6.07 Å². The number of benzene rings is 2. The summed E-state index contributed by atoms with van der Waals surface area (Å²) >= 11 is 0. The highest BCUT2D eigenvalue weighted by Crippen LogP contribution is 2.17. The van der Waals surface area contributed by atoms with Crippen molar-refractivity contribution in [1.82, 2.24) is 10.0 Å². The molecule has 0 aliphatic carbocycles. The molecule has 102 valence electrons. The van der Waals surface area contributed by atoms with Crippen LogP contribution < -0.4 is 5.56 Å². The van der Waals surface area contributed by atoms with Crippen LogP contribution in [-0.2, 0) is 6.42 Å². The maximum absolute atomic E-state index is 13.6. The average Bonchev–Trinajstić information content (AvgIpc) is 2.52. The lowest BCUT2D eigenvalue weighted by Gasteiger charge is -2.06. The summed E-state index contributed by atoms with van der Waals surface area (Å²) in [5, 5.41) is 13.5. The van der Waals surface area contributed by atoms with E-state index in [2.05, 4.69) is 11.2 Å². The maximum Gasteiger partial charge on any atom is 0.305 e. The van der Waals surface area contributed by atoms with E-state index in [-0.39, 0.29) is 4.90 Å². The van der Waals surface area contributed by atoms with Gasteiger partial charge in [-0.25, -0.2) is 0 Å². The molecule has 0 unspecified atom stereocenters. The second-order valence-corrected chi connectivity index (χ2v) is 4.65. The van der Waals surface area contributed by atoms with Gasteiger partial charge in [0, 0.05) is 11.8 Å². The summed E-state index contributed by atoms with van der Waals surface area (Å²) < 4.78 is 13.6. The standard InChI is InChI=1S/C16H10FN3O/c17-20-16(21)14-7-2-1-6-13(14)15(19-20)9-11-4-3-5-12(8-11)10-18/h1-8H,9H2. The zero-order valence-electron chi connectivity index (χ0n) is 11.0. The number of nitrogens with zero attached hydrogens (tertiary/aromatic N) is 3. The Morgan fingerprint density at radius 2 is 1.90 bits per heavy atom. The Labute approximate surface area is 119 Å². The first-order valence-electron chi connectivity index (χ1n) is 6.35. The molecular formula is C16H10FN3O. The minimum absolute atomic E-state index is 0.133. The van der Waals surface area contributed by atoms with Crippen molar-refractivity contribution in [2.75, 3.05) is 0 Å². The van der Waals surface area contributed by atoms with Gasteiger partial charge in [0.15, 0.2) is 0 Å². The molecule has 0 fully saturated rings. The van der Waals surface area contributed by atoms with Gasteiger partial charge in [-0.3, -0.25) is 4.79 Å². The molecule has 5 heteroatoms. The first kappa shape index (κ1) is 13.0. The quantitative estimate of drug-likeness (QED) is 0.724. The van der Waals surface area contributed by atoms with Gasteiger partial charge in [0.25, 0.3) is 0 Å². The van der Waals surface area contributed by atoms with Gasteiger partial charge >= 0.3 is 5.56 Å². The Morgan fingerprint density at radius 1 is 1.14 bits per heavy atom. The fraction of sp³-hybridized carbons (Fsp3) is 0.0625. The molecule has 0 aliphatic rings. The predicted octanol–water partition coefficient (Wildman–Crippen LogP) is 2.59. The molecule has 4 nitrogen and oxygen atoms in total. The third-order valence-corrected chi connectivity index (χ3v) is 3.27. The van der Waals surface area contributed by atoms with Gasteiger partial charge in [0.05, 0.1) is 22.7 Å². The van der Waals surface area contributed by atoms with Gasteiger partial charge in [-0.05, 0) is 23.8 Å². The first-order valence-corrected chi connectivity index (χ1v) is 6.35.